The smallest absolute Gasteiger partial charge is 0.338 e. The van der Waals surface area contributed by atoms with Crippen LogP contribution in [0, 0.1) is 0 Å². The Morgan fingerprint density at radius 2 is 2.15 bits per heavy atom. The van der Waals surface area contributed by atoms with Crippen molar-refractivity contribution < 1.29 is 24.5 Å². The second-order valence-electron chi connectivity index (χ2n) is 3.30. The molecule has 13 heavy (non-hydrogen) atoms. The molecule has 0 aliphatic carbocycles. The highest BCUT2D eigenvalue weighted by molar-refractivity contribution is 5.76. The van der Waals surface area contributed by atoms with Crippen molar-refractivity contribution >= 4 is 5.97 Å². The molecule has 0 saturated carbocycles. The summed E-state index contributed by atoms with van der Waals surface area (Å²) in [5, 5.41) is 18.3. The van der Waals surface area contributed by atoms with Crippen molar-refractivity contribution in [3.63, 3.8) is 0 Å². The lowest BCUT2D eigenvalue weighted by Crippen LogP contribution is -2.37. The first-order valence-corrected chi connectivity index (χ1v) is 4.20. The Balaban J connectivity index is 2.48. The van der Waals surface area contributed by atoms with E-state index < -0.39 is 24.3 Å². The Bertz CT molecular complexity index is 191. The van der Waals surface area contributed by atoms with Gasteiger partial charge in [0.05, 0.1) is 12.7 Å². The van der Waals surface area contributed by atoms with E-state index in [1.165, 1.54) is 0 Å². The van der Waals surface area contributed by atoms with Crippen LogP contribution in [-0.4, -0.2) is 47.2 Å². The predicted octanol–water partition coefficient (Wildman–Crippen LogP) is -0.941. The molecule has 2 N–H and O–H groups in total. The fraction of sp³-hybridized carbons (Fsp3) is 0.875. The Kier molecular flexibility index (Phi) is 3.24. The van der Waals surface area contributed by atoms with Crippen LogP contribution < -0.4 is 0 Å². The molecule has 1 saturated heterocycles. The van der Waals surface area contributed by atoms with E-state index in [0.29, 0.717) is 0 Å². The highest BCUT2D eigenvalue weighted by Gasteiger charge is 2.40. The van der Waals surface area contributed by atoms with Crippen molar-refractivity contribution in [2.24, 2.45) is 0 Å². The zero-order chi connectivity index (χ0) is 10.0. The molecule has 1 fully saturated rings. The Labute approximate surface area is 76.3 Å². The molecule has 1 rings (SSSR count). The molecular formula is C8H14O5. The number of rotatable bonds is 2. The van der Waals surface area contributed by atoms with Gasteiger partial charge in [0.25, 0.3) is 0 Å². The number of aliphatic hydroxyl groups excluding tert-OH is 2. The van der Waals surface area contributed by atoms with Crippen molar-refractivity contribution in [2.75, 3.05) is 6.61 Å². The average Bonchev–Trinajstić information content (AvgIpc) is 2.31. The number of hydrogen-bond acceptors (Lipinski definition) is 5. The van der Waals surface area contributed by atoms with Crippen LogP contribution in [0.4, 0.5) is 0 Å². The van der Waals surface area contributed by atoms with Gasteiger partial charge in [0.2, 0.25) is 0 Å². The van der Waals surface area contributed by atoms with Crippen LogP contribution in [-0.2, 0) is 14.3 Å². The van der Waals surface area contributed by atoms with Crippen LogP contribution in [0.3, 0.4) is 0 Å². The fourth-order valence-corrected chi connectivity index (χ4v) is 1.11. The predicted molar refractivity (Wildman–Crippen MR) is 43.0 cm³/mol. The highest BCUT2D eigenvalue weighted by atomic mass is 16.6. The topological polar surface area (TPSA) is 76.0 Å². The maximum Gasteiger partial charge on any atom is 0.338 e. The number of aliphatic hydroxyl groups is 2. The average molecular weight is 190 g/mol. The second kappa shape index (κ2) is 4.04. The van der Waals surface area contributed by atoms with Crippen LogP contribution in [0.25, 0.3) is 0 Å². The maximum absolute atomic E-state index is 11.2. The quantitative estimate of drug-likeness (QED) is 0.549. The summed E-state index contributed by atoms with van der Waals surface area (Å²) in [6.45, 7) is 3.38. The van der Waals surface area contributed by atoms with E-state index in [1.54, 1.807) is 13.8 Å². The molecule has 0 aromatic heterocycles. The zero-order valence-electron chi connectivity index (χ0n) is 7.64. The van der Waals surface area contributed by atoms with E-state index >= 15 is 0 Å². The lowest BCUT2D eigenvalue weighted by Gasteiger charge is -2.15. The van der Waals surface area contributed by atoms with Crippen LogP contribution >= 0.6 is 0 Å². The summed E-state index contributed by atoms with van der Waals surface area (Å²) in [7, 11) is 0. The maximum atomic E-state index is 11.2. The van der Waals surface area contributed by atoms with Crippen molar-refractivity contribution in [1.29, 1.82) is 0 Å². The van der Waals surface area contributed by atoms with Gasteiger partial charge in [0.1, 0.15) is 12.2 Å². The van der Waals surface area contributed by atoms with Crippen LogP contribution in [0.5, 0.6) is 0 Å². The summed E-state index contributed by atoms with van der Waals surface area (Å²) in [6, 6.07) is 0. The molecule has 0 bridgehead atoms. The van der Waals surface area contributed by atoms with E-state index in [2.05, 4.69) is 0 Å². The Morgan fingerprint density at radius 3 is 2.54 bits per heavy atom. The van der Waals surface area contributed by atoms with Crippen molar-refractivity contribution in [3.8, 4) is 0 Å². The molecule has 0 spiro atoms. The molecule has 0 aromatic rings. The van der Waals surface area contributed by atoms with Gasteiger partial charge in [-0.05, 0) is 13.8 Å². The SMILES string of the molecule is CC(C)OC(=O)[C@H]1OC[C@H](O)[C@@H]1O. The van der Waals surface area contributed by atoms with E-state index in [9.17, 15) is 9.90 Å². The molecular weight excluding hydrogens is 176 g/mol. The van der Waals surface area contributed by atoms with Gasteiger partial charge in [-0.2, -0.15) is 0 Å². The summed E-state index contributed by atoms with van der Waals surface area (Å²) >= 11 is 0. The summed E-state index contributed by atoms with van der Waals surface area (Å²) < 4.78 is 9.68. The minimum atomic E-state index is -1.17. The number of carbonyl (C=O) groups is 1. The molecule has 0 unspecified atom stereocenters. The normalized spacial score (nSPS) is 33.8. The van der Waals surface area contributed by atoms with Gasteiger partial charge in [-0.15, -0.1) is 0 Å². The molecule has 1 aliphatic heterocycles. The van der Waals surface area contributed by atoms with Gasteiger partial charge in [-0.25, -0.2) is 4.79 Å². The first kappa shape index (κ1) is 10.4. The first-order valence-electron chi connectivity index (χ1n) is 4.20. The first-order chi connectivity index (χ1) is 6.02. The molecule has 5 heteroatoms. The molecule has 1 aliphatic rings. The van der Waals surface area contributed by atoms with E-state index in [4.69, 9.17) is 14.6 Å². The van der Waals surface area contributed by atoms with E-state index in [1.807, 2.05) is 0 Å². The molecule has 0 amide bonds. The third kappa shape index (κ3) is 2.40. The van der Waals surface area contributed by atoms with Crippen molar-refractivity contribution in [2.45, 2.75) is 38.3 Å². The number of carbonyl (C=O) groups excluding carboxylic acids is 1. The van der Waals surface area contributed by atoms with Gasteiger partial charge < -0.3 is 19.7 Å². The van der Waals surface area contributed by atoms with E-state index in [0.717, 1.165) is 0 Å². The van der Waals surface area contributed by atoms with Crippen molar-refractivity contribution in [3.05, 3.63) is 0 Å². The lowest BCUT2D eigenvalue weighted by molar-refractivity contribution is -0.162. The lowest BCUT2D eigenvalue weighted by atomic mass is 10.1. The summed E-state index contributed by atoms with van der Waals surface area (Å²) in [5.41, 5.74) is 0. The third-order valence-corrected chi connectivity index (χ3v) is 1.74. The van der Waals surface area contributed by atoms with Gasteiger partial charge in [0, 0.05) is 0 Å². The largest absolute Gasteiger partial charge is 0.461 e. The van der Waals surface area contributed by atoms with Gasteiger partial charge >= 0.3 is 5.97 Å². The van der Waals surface area contributed by atoms with Crippen molar-refractivity contribution in [1.82, 2.24) is 0 Å². The highest BCUT2D eigenvalue weighted by Crippen LogP contribution is 2.15. The summed E-state index contributed by atoms with van der Waals surface area (Å²) in [4.78, 5) is 11.2. The van der Waals surface area contributed by atoms with Gasteiger partial charge in [-0.1, -0.05) is 0 Å². The zero-order valence-corrected chi connectivity index (χ0v) is 7.64. The second-order valence-corrected chi connectivity index (χ2v) is 3.30. The molecule has 0 radical (unpaired) electrons. The number of hydrogen-bond donors (Lipinski definition) is 2. The third-order valence-electron chi connectivity index (χ3n) is 1.74. The standard InChI is InChI=1S/C8H14O5/c1-4(2)13-8(11)7-6(10)5(9)3-12-7/h4-7,9-10H,3H2,1-2H3/t5-,6-,7-/m0/s1. The fourth-order valence-electron chi connectivity index (χ4n) is 1.11. The summed E-state index contributed by atoms with van der Waals surface area (Å²) in [6.07, 6.45) is -3.46. The minimum absolute atomic E-state index is 0.0287. The Morgan fingerprint density at radius 1 is 1.54 bits per heavy atom. The minimum Gasteiger partial charge on any atom is -0.461 e. The van der Waals surface area contributed by atoms with Gasteiger partial charge in [0.15, 0.2) is 6.10 Å². The van der Waals surface area contributed by atoms with Crippen LogP contribution in [0.15, 0.2) is 0 Å². The van der Waals surface area contributed by atoms with Crippen LogP contribution in [0.2, 0.25) is 0 Å². The molecule has 76 valence electrons. The van der Waals surface area contributed by atoms with E-state index in [-0.39, 0.29) is 12.7 Å². The van der Waals surface area contributed by atoms with Crippen LogP contribution in [0.1, 0.15) is 13.8 Å². The van der Waals surface area contributed by atoms with Gasteiger partial charge in [-0.3, -0.25) is 0 Å². The molecule has 1 heterocycles. The number of ether oxygens (including phenoxy) is 2. The number of esters is 1. The molecule has 0 aromatic carbocycles. The summed E-state index contributed by atoms with van der Waals surface area (Å²) in [5.74, 6) is -0.626. The Hall–Kier alpha value is -0.650. The molecule has 5 nitrogen and oxygen atoms in total. The molecule has 3 atom stereocenters. The monoisotopic (exact) mass is 190 g/mol.